The maximum atomic E-state index is 13.5. The highest BCUT2D eigenvalue weighted by Gasteiger charge is 2.17. The van der Waals surface area contributed by atoms with Gasteiger partial charge in [0.2, 0.25) is 0 Å². The van der Waals surface area contributed by atoms with Crippen LogP contribution in [0.3, 0.4) is 0 Å². The third-order valence-electron chi connectivity index (χ3n) is 2.94. The average molecular weight is 298 g/mol. The third-order valence-corrected chi connectivity index (χ3v) is 3.27. The van der Waals surface area contributed by atoms with E-state index in [2.05, 4.69) is 5.32 Å². The number of anilines is 1. The van der Waals surface area contributed by atoms with Gasteiger partial charge in [-0.15, -0.1) is 0 Å². The summed E-state index contributed by atoms with van der Waals surface area (Å²) in [4.78, 5) is 0. The Hall–Kier alpha value is -1.65. The van der Waals surface area contributed by atoms with Crippen LogP contribution in [-0.2, 0) is 0 Å². The van der Waals surface area contributed by atoms with E-state index in [9.17, 15) is 13.9 Å². The average Bonchev–Trinajstić information content (AvgIpc) is 2.39. The number of nitrogens with one attached hydrogen (secondary N) is 1. The molecule has 0 radical (unpaired) electrons. The largest absolute Gasteiger partial charge is 0.386 e. The van der Waals surface area contributed by atoms with Crippen molar-refractivity contribution in [2.45, 2.75) is 13.0 Å². The topological polar surface area (TPSA) is 32.3 Å². The molecule has 0 aromatic heterocycles. The predicted molar refractivity (Wildman–Crippen MR) is 76.0 cm³/mol. The monoisotopic (exact) mass is 297 g/mol. The Balaban J connectivity index is 2.13. The molecule has 2 N–H and O–H groups in total. The van der Waals surface area contributed by atoms with Crippen LogP contribution >= 0.6 is 11.6 Å². The van der Waals surface area contributed by atoms with E-state index in [0.29, 0.717) is 10.7 Å². The van der Waals surface area contributed by atoms with Crippen LogP contribution in [-0.4, -0.2) is 11.7 Å². The third kappa shape index (κ3) is 3.26. The van der Waals surface area contributed by atoms with Gasteiger partial charge in [0.25, 0.3) is 0 Å². The zero-order valence-corrected chi connectivity index (χ0v) is 11.6. The smallest absolute Gasteiger partial charge is 0.132 e. The van der Waals surface area contributed by atoms with Crippen LogP contribution in [0.15, 0.2) is 36.4 Å². The molecule has 2 aromatic rings. The molecular formula is C15H14ClF2NO. The fraction of sp³-hybridized carbons (Fsp3) is 0.200. The molecule has 0 aliphatic rings. The minimum absolute atomic E-state index is 0.0406. The molecular weight excluding hydrogens is 284 g/mol. The number of halogens is 3. The van der Waals surface area contributed by atoms with Crippen molar-refractivity contribution in [2.24, 2.45) is 0 Å². The lowest BCUT2D eigenvalue weighted by Crippen LogP contribution is -2.15. The molecule has 5 heteroatoms. The van der Waals surface area contributed by atoms with Crippen LogP contribution in [0.5, 0.6) is 0 Å². The van der Waals surface area contributed by atoms with E-state index >= 15 is 0 Å². The summed E-state index contributed by atoms with van der Waals surface area (Å²) in [6.45, 7) is 1.86. The van der Waals surface area contributed by atoms with Gasteiger partial charge < -0.3 is 10.4 Å². The first-order chi connectivity index (χ1) is 9.49. The molecule has 1 unspecified atom stereocenters. The summed E-state index contributed by atoms with van der Waals surface area (Å²) in [5, 5.41) is 13.3. The van der Waals surface area contributed by atoms with Crippen molar-refractivity contribution >= 4 is 17.3 Å². The summed E-state index contributed by atoms with van der Waals surface area (Å²) in [5.74, 6) is -1.54. The molecule has 0 fully saturated rings. The molecule has 0 aliphatic heterocycles. The summed E-state index contributed by atoms with van der Waals surface area (Å²) >= 11 is 6.00. The van der Waals surface area contributed by atoms with Gasteiger partial charge in [-0.05, 0) is 36.8 Å². The number of aliphatic hydroxyl groups excluding tert-OH is 1. The second kappa shape index (κ2) is 6.20. The van der Waals surface area contributed by atoms with Gasteiger partial charge in [-0.1, -0.05) is 23.7 Å². The van der Waals surface area contributed by atoms with Crippen molar-refractivity contribution in [3.63, 3.8) is 0 Å². The second-order valence-electron chi connectivity index (χ2n) is 4.52. The van der Waals surface area contributed by atoms with E-state index < -0.39 is 17.7 Å². The standard InChI is InChI=1S/C15H14ClF2NO/c1-9-5-6-10(16)13(7-9)19-8-14(20)15-11(17)3-2-4-12(15)18/h2-7,14,19-20H,8H2,1H3. The SMILES string of the molecule is Cc1ccc(Cl)c(NCC(O)c2c(F)cccc2F)c1. The van der Waals surface area contributed by atoms with Crippen molar-refractivity contribution in [3.05, 3.63) is 64.2 Å². The van der Waals surface area contributed by atoms with Crippen LogP contribution in [0, 0.1) is 18.6 Å². The quantitative estimate of drug-likeness (QED) is 0.891. The number of hydrogen-bond donors (Lipinski definition) is 2. The van der Waals surface area contributed by atoms with Crippen molar-refractivity contribution in [3.8, 4) is 0 Å². The lowest BCUT2D eigenvalue weighted by molar-refractivity contribution is 0.181. The molecule has 0 spiro atoms. The van der Waals surface area contributed by atoms with E-state index in [4.69, 9.17) is 11.6 Å². The van der Waals surface area contributed by atoms with Crippen molar-refractivity contribution < 1.29 is 13.9 Å². The molecule has 2 nitrogen and oxygen atoms in total. The van der Waals surface area contributed by atoms with Crippen molar-refractivity contribution in [1.29, 1.82) is 0 Å². The Morgan fingerprint density at radius 2 is 1.85 bits per heavy atom. The second-order valence-corrected chi connectivity index (χ2v) is 4.92. The Labute approximate surface area is 121 Å². The van der Waals surface area contributed by atoms with Crippen LogP contribution in [0.2, 0.25) is 5.02 Å². The summed E-state index contributed by atoms with van der Waals surface area (Å²) in [6.07, 6.45) is -1.30. The van der Waals surface area contributed by atoms with E-state index in [1.54, 1.807) is 12.1 Å². The molecule has 106 valence electrons. The minimum atomic E-state index is -1.30. The molecule has 0 bridgehead atoms. The van der Waals surface area contributed by atoms with Crippen molar-refractivity contribution in [2.75, 3.05) is 11.9 Å². The van der Waals surface area contributed by atoms with Gasteiger partial charge in [0.05, 0.1) is 16.3 Å². The lowest BCUT2D eigenvalue weighted by atomic mass is 10.1. The Morgan fingerprint density at radius 1 is 1.20 bits per heavy atom. The lowest BCUT2D eigenvalue weighted by Gasteiger charge is -2.15. The summed E-state index contributed by atoms with van der Waals surface area (Å²) < 4.78 is 27.0. The Bertz CT molecular complexity index is 599. The highest BCUT2D eigenvalue weighted by atomic mass is 35.5. The van der Waals surface area contributed by atoms with E-state index in [0.717, 1.165) is 17.7 Å². The van der Waals surface area contributed by atoms with Gasteiger partial charge in [-0.2, -0.15) is 0 Å². The number of aryl methyl sites for hydroxylation is 1. The first-order valence-electron chi connectivity index (χ1n) is 6.11. The maximum Gasteiger partial charge on any atom is 0.132 e. The molecule has 20 heavy (non-hydrogen) atoms. The highest BCUT2D eigenvalue weighted by molar-refractivity contribution is 6.33. The fourth-order valence-corrected chi connectivity index (χ4v) is 2.10. The molecule has 1 atom stereocenters. The first kappa shape index (κ1) is 14.8. The van der Waals surface area contributed by atoms with E-state index in [1.807, 2.05) is 13.0 Å². The maximum absolute atomic E-state index is 13.5. The number of aliphatic hydroxyl groups is 1. The van der Waals surface area contributed by atoms with Gasteiger partial charge in [0.15, 0.2) is 0 Å². The van der Waals surface area contributed by atoms with Gasteiger partial charge in [-0.3, -0.25) is 0 Å². The van der Waals surface area contributed by atoms with E-state index in [-0.39, 0.29) is 12.1 Å². The zero-order chi connectivity index (χ0) is 14.7. The van der Waals surface area contributed by atoms with Crippen molar-refractivity contribution in [1.82, 2.24) is 0 Å². The zero-order valence-electron chi connectivity index (χ0n) is 10.8. The van der Waals surface area contributed by atoms with Crippen LogP contribution < -0.4 is 5.32 Å². The van der Waals surface area contributed by atoms with Crippen LogP contribution in [0.4, 0.5) is 14.5 Å². The molecule has 2 rings (SSSR count). The Morgan fingerprint density at radius 3 is 2.50 bits per heavy atom. The highest BCUT2D eigenvalue weighted by Crippen LogP contribution is 2.25. The van der Waals surface area contributed by atoms with Gasteiger partial charge >= 0.3 is 0 Å². The van der Waals surface area contributed by atoms with Crippen LogP contribution in [0.1, 0.15) is 17.2 Å². The van der Waals surface area contributed by atoms with Crippen LogP contribution in [0.25, 0.3) is 0 Å². The molecule has 0 saturated heterocycles. The van der Waals surface area contributed by atoms with Gasteiger partial charge in [-0.25, -0.2) is 8.78 Å². The van der Waals surface area contributed by atoms with E-state index in [1.165, 1.54) is 6.07 Å². The fourth-order valence-electron chi connectivity index (χ4n) is 1.91. The minimum Gasteiger partial charge on any atom is -0.386 e. The molecule has 2 aromatic carbocycles. The van der Waals surface area contributed by atoms with Gasteiger partial charge in [0, 0.05) is 6.54 Å². The number of benzene rings is 2. The number of hydrogen-bond acceptors (Lipinski definition) is 2. The first-order valence-corrected chi connectivity index (χ1v) is 6.49. The predicted octanol–water partition coefficient (Wildman–Crippen LogP) is 4.07. The summed E-state index contributed by atoms with van der Waals surface area (Å²) in [6, 6.07) is 8.84. The molecule has 0 heterocycles. The number of rotatable bonds is 4. The summed E-state index contributed by atoms with van der Waals surface area (Å²) in [7, 11) is 0. The van der Waals surface area contributed by atoms with Gasteiger partial charge in [0.1, 0.15) is 17.7 Å². The summed E-state index contributed by atoms with van der Waals surface area (Å²) in [5.41, 5.74) is 1.26. The normalized spacial score (nSPS) is 12.2. The molecule has 0 saturated carbocycles. The molecule has 0 amide bonds. The molecule has 0 aliphatic carbocycles. The Kier molecular flexibility index (Phi) is 4.57.